The number of aliphatic hydroxyl groups is 1. The molecule has 0 aromatic heterocycles. The van der Waals surface area contributed by atoms with E-state index in [2.05, 4.69) is 16.8 Å². The molecule has 1 aliphatic rings. The maximum Gasteiger partial charge on any atom is 0.126 e. The number of halogens is 1. The molecule has 1 saturated heterocycles. The summed E-state index contributed by atoms with van der Waals surface area (Å²) in [6, 6.07) is 5.02. The number of aryl methyl sites for hydroxylation is 1. The highest BCUT2D eigenvalue weighted by Gasteiger charge is 2.28. The molecule has 1 aromatic rings. The van der Waals surface area contributed by atoms with E-state index in [1.165, 1.54) is 6.07 Å². The van der Waals surface area contributed by atoms with Gasteiger partial charge in [-0.15, -0.1) is 0 Å². The minimum absolute atomic E-state index is 0.00889. The van der Waals surface area contributed by atoms with Crippen LogP contribution in [0.1, 0.15) is 23.7 Å². The van der Waals surface area contributed by atoms with Crippen LogP contribution in [0.3, 0.4) is 0 Å². The minimum Gasteiger partial charge on any atom is -0.387 e. The summed E-state index contributed by atoms with van der Waals surface area (Å²) in [5, 5.41) is 10.5. The lowest BCUT2D eigenvalue weighted by atomic mass is 9.99. The van der Waals surface area contributed by atoms with Crippen molar-refractivity contribution in [3.8, 4) is 0 Å². The van der Waals surface area contributed by atoms with E-state index in [0.29, 0.717) is 11.1 Å². The first-order chi connectivity index (χ1) is 8.99. The number of rotatable bonds is 2. The molecule has 1 heterocycles. The zero-order valence-electron chi connectivity index (χ0n) is 11.9. The molecule has 0 radical (unpaired) electrons. The molecule has 0 spiro atoms. The Balaban J connectivity index is 2.20. The second kappa shape index (κ2) is 5.99. The van der Waals surface area contributed by atoms with Gasteiger partial charge in [-0.1, -0.05) is 12.1 Å². The Morgan fingerprint density at radius 3 is 2.74 bits per heavy atom. The highest BCUT2D eigenvalue weighted by Crippen LogP contribution is 2.24. The van der Waals surface area contributed by atoms with Gasteiger partial charge in [0.2, 0.25) is 0 Å². The van der Waals surface area contributed by atoms with Crippen molar-refractivity contribution in [1.82, 2.24) is 9.80 Å². The summed E-state index contributed by atoms with van der Waals surface area (Å²) < 4.78 is 13.6. The van der Waals surface area contributed by atoms with E-state index < -0.39 is 6.10 Å². The molecule has 19 heavy (non-hydrogen) atoms. The third-order valence-electron chi connectivity index (χ3n) is 4.02. The Labute approximate surface area is 114 Å². The van der Waals surface area contributed by atoms with Crippen molar-refractivity contribution in [1.29, 1.82) is 0 Å². The molecular weight excluding hydrogens is 243 g/mol. The monoisotopic (exact) mass is 266 g/mol. The lowest BCUT2D eigenvalue weighted by Crippen LogP contribution is -2.42. The molecule has 1 N–H and O–H groups in total. The smallest absolute Gasteiger partial charge is 0.126 e. The highest BCUT2D eigenvalue weighted by atomic mass is 19.1. The van der Waals surface area contributed by atoms with Gasteiger partial charge in [-0.25, -0.2) is 4.39 Å². The van der Waals surface area contributed by atoms with Crippen molar-refractivity contribution in [2.24, 2.45) is 0 Å². The van der Waals surface area contributed by atoms with Gasteiger partial charge in [-0.3, -0.25) is 4.90 Å². The van der Waals surface area contributed by atoms with Crippen LogP contribution in [0.5, 0.6) is 0 Å². The van der Waals surface area contributed by atoms with Crippen LogP contribution in [0.25, 0.3) is 0 Å². The standard InChI is InChI=1S/C15H23FN2O/c1-11-5-6-12(9-13(11)16)15(19)14-10-17(2)7-4-8-18(14)3/h5-6,9,14-15,19H,4,7-8,10H2,1-3H3. The van der Waals surface area contributed by atoms with Gasteiger partial charge in [0.05, 0.1) is 12.1 Å². The quantitative estimate of drug-likeness (QED) is 0.884. The fourth-order valence-electron chi connectivity index (χ4n) is 2.66. The van der Waals surface area contributed by atoms with Crippen molar-refractivity contribution in [2.45, 2.75) is 25.5 Å². The molecule has 1 aliphatic heterocycles. The van der Waals surface area contributed by atoms with Gasteiger partial charge in [-0.2, -0.15) is 0 Å². The molecule has 106 valence electrons. The summed E-state index contributed by atoms with van der Waals surface area (Å²) in [6.45, 7) is 4.53. The topological polar surface area (TPSA) is 26.7 Å². The van der Waals surface area contributed by atoms with E-state index in [4.69, 9.17) is 0 Å². The minimum atomic E-state index is -0.652. The Morgan fingerprint density at radius 1 is 1.32 bits per heavy atom. The van der Waals surface area contributed by atoms with E-state index in [1.807, 2.05) is 13.1 Å². The Bertz CT molecular complexity index is 438. The van der Waals surface area contributed by atoms with E-state index in [0.717, 1.165) is 26.1 Å². The first-order valence-corrected chi connectivity index (χ1v) is 6.82. The lowest BCUT2D eigenvalue weighted by Gasteiger charge is -2.31. The van der Waals surface area contributed by atoms with Crippen LogP contribution in [0.15, 0.2) is 18.2 Å². The maximum atomic E-state index is 13.6. The van der Waals surface area contributed by atoms with Crippen LogP contribution in [-0.2, 0) is 0 Å². The van der Waals surface area contributed by atoms with Crippen molar-refractivity contribution in [2.75, 3.05) is 33.7 Å². The van der Waals surface area contributed by atoms with Gasteiger partial charge in [0.1, 0.15) is 5.82 Å². The number of hydrogen-bond acceptors (Lipinski definition) is 3. The fourth-order valence-corrected chi connectivity index (χ4v) is 2.66. The summed E-state index contributed by atoms with van der Waals surface area (Å²) in [4.78, 5) is 4.40. The molecule has 0 amide bonds. The van der Waals surface area contributed by atoms with Crippen molar-refractivity contribution in [3.63, 3.8) is 0 Å². The Hall–Kier alpha value is -0.970. The number of likely N-dealkylation sites (N-methyl/N-ethyl adjacent to an activating group) is 2. The molecule has 2 atom stereocenters. The predicted octanol–water partition coefficient (Wildman–Crippen LogP) is 1.80. The average molecular weight is 266 g/mol. The molecule has 3 nitrogen and oxygen atoms in total. The molecule has 1 aromatic carbocycles. The average Bonchev–Trinajstić information content (AvgIpc) is 2.54. The highest BCUT2D eigenvalue weighted by molar-refractivity contribution is 5.26. The molecule has 4 heteroatoms. The second-order valence-electron chi connectivity index (χ2n) is 5.62. The third kappa shape index (κ3) is 3.32. The summed E-state index contributed by atoms with van der Waals surface area (Å²) in [7, 11) is 4.09. The third-order valence-corrected chi connectivity index (χ3v) is 4.02. The fraction of sp³-hybridized carbons (Fsp3) is 0.600. The van der Waals surface area contributed by atoms with Crippen molar-refractivity contribution < 1.29 is 9.50 Å². The maximum absolute atomic E-state index is 13.6. The van der Waals surface area contributed by atoms with E-state index in [1.54, 1.807) is 13.0 Å². The lowest BCUT2D eigenvalue weighted by molar-refractivity contribution is 0.0570. The van der Waals surface area contributed by atoms with E-state index >= 15 is 0 Å². The van der Waals surface area contributed by atoms with Gasteiger partial charge in [-0.05, 0) is 57.7 Å². The number of nitrogens with zero attached hydrogens (tertiary/aromatic N) is 2. The molecular formula is C15H23FN2O. The van der Waals surface area contributed by atoms with Crippen LogP contribution in [0, 0.1) is 12.7 Å². The van der Waals surface area contributed by atoms with E-state index in [9.17, 15) is 9.50 Å². The van der Waals surface area contributed by atoms with Crippen molar-refractivity contribution in [3.05, 3.63) is 35.1 Å². The summed E-state index contributed by atoms with van der Waals surface area (Å²) in [5.74, 6) is -0.249. The van der Waals surface area contributed by atoms with Crippen LogP contribution in [0.2, 0.25) is 0 Å². The molecule has 0 saturated carbocycles. The van der Waals surface area contributed by atoms with Crippen LogP contribution >= 0.6 is 0 Å². The SMILES string of the molecule is Cc1ccc(C(O)C2CN(C)CCCN2C)cc1F. The zero-order chi connectivity index (χ0) is 14.0. The summed E-state index contributed by atoms with van der Waals surface area (Å²) in [5.41, 5.74) is 1.28. The molecule has 1 fully saturated rings. The largest absolute Gasteiger partial charge is 0.387 e. The van der Waals surface area contributed by atoms with Crippen molar-refractivity contribution >= 4 is 0 Å². The van der Waals surface area contributed by atoms with Gasteiger partial charge in [0.25, 0.3) is 0 Å². The predicted molar refractivity (Wildman–Crippen MR) is 74.6 cm³/mol. The molecule has 2 rings (SSSR count). The number of aliphatic hydroxyl groups excluding tert-OH is 1. The second-order valence-corrected chi connectivity index (χ2v) is 5.62. The summed E-state index contributed by atoms with van der Waals surface area (Å²) in [6.07, 6.45) is 0.444. The van der Waals surface area contributed by atoms with Gasteiger partial charge >= 0.3 is 0 Å². The number of hydrogen-bond donors (Lipinski definition) is 1. The normalized spacial score (nSPS) is 24.2. The van der Waals surface area contributed by atoms with Crippen LogP contribution < -0.4 is 0 Å². The van der Waals surface area contributed by atoms with Gasteiger partial charge < -0.3 is 10.0 Å². The van der Waals surface area contributed by atoms with Gasteiger partial charge in [0, 0.05) is 6.54 Å². The number of benzene rings is 1. The first kappa shape index (κ1) is 14.4. The zero-order valence-corrected chi connectivity index (χ0v) is 11.9. The van der Waals surface area contributed by atoms with Crippen LogP contribution in [0.4, 0.5) is 4.39 Å². The molecule has 2 unspecified atom stereocenters. The molecule has 0 bridgehead atoms. The van der Waals surface area contributed by atoms with Crippen LogP contribution in [-0.4, -0.2) is 54.7 Å². The molecule has 0 aliphatic carbocycles. The Morgan fingerprint density at radius 2 is 2.05 bits per heavy atom. The van der Waals surface area contributed by atoms with E-state index in [-0.39, 0.29) is 11.9 Å². The first-order valence-electron chi connectivity index (χ1n) is 6.82. The van der Waals surface area contributed by atoms with Gasteiger partial charge in [0.15, 0.2) is 0 Å². The Kier molecular flexibility index (Phi) is 4.55. The summed E-state index contributed by atoms with van der Waals surface area (Å²) >= 11 is 0.